The van der Waals surface area contributed by atoms with E-state index < -0.39 is 4.75 Å². The first kappa shape index (κ1) is 31.2. The van der Waals surface area contributed by atoms with Crippen LogP contribution in [0.4, 0.5) is 5.69 Å². The van der Waals surface area contributed by atoms with Crippen LogP contribution in [0.15, 0.2) is 73.2 Å². The molecular formula is C35H36N8O2S2. The monoisotopic (exact) mass is 664 g/mol. The number of nitrogens with zero attached hydrogens (tertiary/aromatic N) is 6. The fourth-order valence-corrected chi connectivity index (χ4v) is 8.05. The Morgan fingerprint density at radius 1 is 1.09 bits per heavy atom. The van der Waals surface area contributed by atoms with Gasteiger partial charge in [-0.2, -0.15) is 5.10 Å². The maximum absolute atomic E-state index is 13.8. The summed E-state index contributed by atoms with van der Waals surface area (Å²) in [6.45, 7) is 4.81. The van der Waals surface area contributed by atoms with E-state index in [0.29, 0.717) is 39.1 Å². The number of rotatable bonds is 9. The van der Waals surface area contributed by atoms with Crippen molar-refractivity contribution in [2.75, 3.05) is 44.3 Å². The second-order valence-corrected chi connectivity index (χ2v) is 14.1. The molecule has 1 saturated heterocycles. The number of pyridine rings is 2. The van der Waals surface area contributed by atoms with Gasteiger partial charge >= 0.3 is 0 Å². The Hall–Kier alpha value is -4.39. The number of hydrogen-bond acceptors (Lipinski definition) is 9. The number of H-pyrrole nitrogens is 1. The lowest BCUT2D eigenvalue weighted by molar-refractivity contribution is -0.132. The summed E-state index contributed by atoms with van der Waals surface area (Å²) in [4.78, 5) is 45.6. The summed E-state index contributed by atoms with van der Waals surface area (Å²) in [6, 6.07) is 15.7. The first-order valence-corrected chi connectivity index (χ1v) is 17.9. The Morgan fingerprint density at radius 2 is 2.00 bits per heavy atom. The number of aryl methyl sites for hydroxylation is 1. The van der Waals surface area contributed by atoms with Crippen molar-refractivity contribution >= 4 is 57.1 Å². The van der Waals surface area contributed by atoms with E-state index in [-0.39, 0.29) is 11.8 Å². The molecule has 0 unspecified atom stereocenters. The molecule has 1 fully saturated rings. The van der Waals surface area contributed by atoms with Crippen molar-refractivity contribution in [3.05, 3.63) is 83.9 Å². The quantitative estimate of drug-likeness (QED) is 0.204. The van der Waals surface area contributed by atoms with Gasteiger partial charge in [0.2, 0.25) is 11.8 Å². The maximum Gasteiger partial charge on any atom is 0.241 e. The van der Waals surface area contributed by atoms with Crippen molar-refractivity contribution in [2.45, 2.75) is 30.9 Å². The fraction of sp³-hybridized carbons (Fsp3) is 0.314. The average Bonchev–Trinajstić information content (AvgIpc) is 3.88. The van der Waals surface area contributed by atoms with Gasteiger partial charge < -0.3 is 10.2 Å². The molecule has 0 saturated carbocycles. The van der Waals surface area contributed by atoms with Gasteiger partial charge in [-0.15, -0.1) is 23.1 Å². The highest BCUT2D eigenvalue weighted by atomic mass is 32.2. The fourth-order valence-electron chi connectivity index (χ4n) is 6.24. The molecule has 0 bridgehead atoms. The highest BCUT2D eigenvalue weighted by Gasteiger charge is 2.44. The Balaban J connectivity index is 0.972. The molecule has 2 amide bonds. The molecule has 5 aromatic rings. The minimum Gasteiger partial charge on any atom is -0.338 e. The summed E-state index contributed by atoms with van der Waals surface area (Å²) in [5.74, 6) is 0.0480. The van der Waals surface area contributed by atoms with Gasteiger partial charge in [0.25, 0.3) is 0 Å². The van der Waals surface area contributed by atoms with Crippen LogP contribution in [-0.4, -0.2) is 90.5 Å². The van der Waals surface area contributed by atoms with Crippen molar-refractivity contribution < 1.29 is 9.59 Å². The van der Waals surface area contributed by atoms with Crippen molar-refractivity contribution in [1.29, 1.82) is 0 Å². The number of likely N-dealkylation sites (tertiary alicyclic amines) is 1. The van der Waals surface area contributed by atoms with E-state index in [1.54, 1.807) is 35.5 Å². The molecular weight excluding hydrogens is 629 g/mol. The number of benzene rings is 1. The van der Waals surface area contributed by atoms with Gasteiger partial charge in [-0.1, -0.05) is 19.1 Å². The third-order valence-electron chi connectivity index (χ3n) is 9.01. The summed E-state index contributed by atoms with van der Waals surface area (Å²) >= 11 is 3.19. The van der Waals surface area contributed by atoms with Crippen LogP contribution in [0, 0.1) is 0 Å². The van der Waals surface area contributed by atoms with Gasteiger partial charge in [0, 0.05) is 67.1 Å². The van der Waals surface area contributed by atoms with Crippen LogP contribution in [0.5, 0.6) is 0 Å². The summed E-state index contributed by atoms with van der Waals surface area (Å²) in [5, 5.41) is 12.8. The number of carbonyl (C=O) groups excluding carboxylic acids is 2. The second-order valence-electron chi connectivity index (χ2n) is 11.9. The third-order valence-corrected chi connectivity index (χ3v) is 11.4. The van der Waals surface area contributed by atoms with Crippen LogP contribution < -0.4 is 5.32 Å². The first-order valence-electron chi connectivity index (χ1n) is 15.8. The van der Waals surface area contributed by atoms with Crippen molar-refractivity contribution in [2.24, 2.45) is 0 Å². The third kappa shape index (κ3) is 6.45. The topological polar surface area (TPSA) is 120 Å². The smallest absolute Gasteiger partial charge is 0.241 e. The number of anilines is 1. The highest BCUT2D eigenvalue weighted by molar-refractivity contribution is 8.00. The minimum atomic E-state index is -0.638. The molecule has 0 radical (unpaired) electrons. The lowest BCUT2D eigenvalue weighted by Gasteiger charge is -2.29. The van der Waals surface area contributed by atoms with Crippen LogP contribution in [0.3, 0.4) is 0 Å². The summed E-state index contributed by atoms with van der Waals surface area (Å²) < 4.78 is -0.638. The molecule has 1 aromatic carbocycles. The molecule has 12 heteroatoms. The van der Waals surface area contributed by atoms with Gasteiger partial charge in [0.1, 0.15) is 15.4 Å². The number of fused-ring (bicyclic) bond motifs is 1. The standard InChI is InChI=1S/C35H36N8O2S2/c1-3-25-18-24(9-14-36-25)32-27-19-26(7-8-28(27)40-41-32)39-34(45)35(46-2)12-17-42(22-35)21-31(44)43-15-10-23(11-16-43)33-38-20-30(47-33)29-6-4-5-13-37-29/h4-10,13-14,18-20H,3,11-12,15-17,21-22H2,1-2H3,(H,39,45)(H,40,41)/t35-/m0/s1. The van der Waals surface area contributed by atoms with E-state index in [4.69, 9.17) is 0 Å². The molecule has 10 nitrogen and oxygen atoms in total. The number of carbonyl (C=O) groups is 2. The Kier molecular flexibility index (Phi) is 8.89. The Bertz CT molecular complexity index is 1960. The Morgan fingerprint density at radius 3 is 2.79 bits per heavy atom. The summed E-state index contributed by atoms with van der Waals surface area (Å²) in [7, 11) is 0. The van der Waals surface area contributed by atoms with E-state index in [2.05, 4.69) is 54.4 Å². The largest absolute Gasteiger partial charge is 0.338 e. The molecule has 2 aliphatic heterocycles. The van der Waals surface area contributed by atoms with E-state index in [1.807, 2.05) is 59.8 Å². The van der Waals surface area contributed by atoms with Crippen LogP contribution in [0.1, 0.15) is 30.5 Å². The number of aromatic amines is 1. The number of thioether (sulfide) groups is 1. The molecule has 7 rings (SSSR count). The lowest BCUT2D eigenvalue weighted by atomic mass is 10.1. The molecule has 47 heavy (non-hydrogen) atoms. The molecule has 4 aromatic heterocycles. The summed E-state index contributed by atoms with van der Waals surface area (Å²) in [5.41, 5.74) is 6.54. The van der Waals surface area contributed by atoms with Crippen LogP contribution in [0.2, 0.25) is 0 Å². The predicted molar refractivity (Wildman–Crippen MR) is 189 cm³/mol. The number of nitrogens with one attached hydrogen (secondary N) is 2. The van der Waals surface area contributed by atoms with Gasteiger partial charge in [-0.25, -0.2) is 4.98 Å². The molecule has 0 spiro atoms. The molecule has 2 N–H and O–H groups in total. The SMILES string of the molecule is CCc1cc(-c2n[nH]c3ccc(NC(=O)[C@]4(SC)CCN(CC(=O)N5CC=C(c6ncc(-c7ccccn7)s6)CC5)C4)cc23)ccn1. The van der Waals surface area contributed by atoms with Crippen LogP contribution in [0.25, 0.3) is 38.3 Å². The average molecular weight is 665 g/mol. The first-order chi connectivity index (χ1) is 22.9. The number of amides is 2. The maximum atomic E-state index is 13.8. The van der Waals surface area contributed by atoms with Gasteiger partial charge in [0.15, 0.2) is 0 Å². The summed E-state index contributed by atoms with van der Waals surface area (Å²) in [6.07, 6.45) is 11.8. The zero-order valence-electron chi connectivity index (χ0n) is 26.4. The van der Waals surface area contributed by atoms with Crippen molar-refractivity contribution in [1.82, 2.24) is 34.9 Å². The van der Waals surface area contributed by atoms with Gasteiger partial charge in [-0.3, -0.25) is 29.6 Å². The molecule has 0 aliphatic carbocycles. The van der Waals surface area contributed by atoms with Crippen molar-refractivity contribution in [3.8, 4) is 21.8 Å². The van der Waals surface area contributed by atoms with Gasteiger partial charge in [0.05, 0.1) is 22.6 Å². The molecule has 240 valence electrons. The van der Waals surface area contributed by atoms with Gasteiger partial charge in [-0.05, 0) is 73.6 Å². The Labute approximate surface area is 281 Å². The van der Waals surface area contributed by atoms with E-state index >= 15 is 0 Å². The number of aromatic nitrogens is 5. The molecule has 6 heterocycles. The van der Waals surface area contributed by atoms with Crippen molar-refractivity contribution in [3.63, 3.8) is 0 Å². The van der Waals surface area contributed by atoms with E-state index in [0.717, 1.165) is 62.0 Å². The highest BCUT2D eigenvalue weighted by Crippen LogP contribution is 2.36. The zero-order valence-corrected chi connectivity index (χ0v) is 28.0. The van der Waals surface area contributed by atoms with E-state index in [1.165, 1.54) is 5.57 Å². The number of thiazole rings is 1. The predicted octanol–water partition coefficient (Wildman–Crippen LogP) is 5.77. The lowest BCUT2D eigenvalue weighted by Crippen LogP contribution is -2.45. The normalized spacial score (nSPS) is 18.4. The van der Waals surface area contributed by atoms with Crippen LogP contribution >= 0.6 is 23.1 Å². The van der Waals surface area contributed by atoms with Crippen LogP contribution in [-0.2, 0) is 16.0 Å². The van der Waals surface area contributed by atoms with E-state index in [9.17, 15) is 9.59 Å². The second kappa shape index (κ2) is 13.4. The molecule has 1 atom stereocenters. The number of hydrogen-bond donors (Lipinski definition) is 2. The zero-order chi connectivity index (χ0) is 32.4. The minimum absolute atomic E-state index is 0.0411. The molecule has 2 aliphatic rings.